The van der Waals surface area contributed by atoms with Crippen LogP contribution in [0.3, 0.4) is 0 Å². The molecule has 1 aliphatic heterocycles. The van der Waals surface area contributed by atoms with Gasteiger partial charge in [-0.25, -0.2) is 14.8 Å². The van der Waals surface area contributed by atoms with Crippen LogP contribution < -0.4 is 0 Å². The monoisotopic (exact) mass is 462 g/mol. The van der Waals surface area contributed by atoms with Crippen LogP contribution >= 0.6 is 23.2 Å². The predicted molar refractivity (Wildman–Crippen MR) is 120 cm³/mol. The van der Waals surface area contributed by atoms with Crippen LogP contribution in [0.1, 0.15) is 33.3 Å². The molecule has 0 N–H and O–H groups in total. The fourth-order valence-electron chi connectivity index (χ4n) is 3.77. The molecule has 164 valence electrons. The highest BCUT2D eigenvalue weighted by Gasteiger charge is 2.41. The summed E-state index contributed by atoms with van der Waals surface area (Å²) < 4.78 is 13.2. The number of hydrogen-bond acceptors (Lipinski definition) is 5. The largest absolute Gasteiger partial charge is 0.444 e. The molecule has 2 aromatic heterocycles. The van der Waals surface area contributed by atoms with Gasteiger partial charge in [0.25, 0.3) is 0 Å². The predicted octanol–water partition coefficient (Wildman–Crippen LogP) is 5.21. The van der Waals surface area contributed by atoms with Gasteiger partial charge in [0.1, 0.15) is 22.2 Å². The molecule has 0 bridgehead atoms. The Morgan fingerprint density at radius 1 is 1.19 bits per heavy atom. The van der Waals surface area contributed by atoms with Crippen molar-refractivity contribution in [2.45, 2.75) is 38.8 Å². The Bertz CT molecular complexity index is 1120. The maximum absolute atomic E-state index is 12.9. The van der Waals surface area contributed by atoms with Crippen LogP contribution in [-0.2, 0) is 15.0 Å². The SMILES string of the molecule is CC(C)(C)OC(=O)N1CCOCC1(C)c1ccc(-n2c(Cl)cc3c(Cl)ncnc32)cc1. The van der Waals surface area contributed by atoms with Gasteiger partial charge in [-0.2, -0.15) is 0 Å². The molecule has 1 aromatic carbocycles. The zero-order valence-electron chi connectivity index (χ0n) is 17.9. The highest BCUT2D eigenvalue weighted by molar-refractivity contribution is 6.36. The van der Waals surface area contributed by atoms with E-state index in [4.69, 9.17) is 32.7 Å². The minimum absolute atomic E-state index is 0.349. The molecule has 7 nitrogen and oxygen atoms in total. The van der Waals surface area contributed by atoms with E-state index in [1.54, 1.807) is 15.5 Å². The lowest BCUT2D eigenvalue weighted by molar-refractivity contribution is -0.0712. The van der Waals surface area contributed by atoms with Crippen LogP contribution in [0.4, 0.5) is 4.79 Å². The van der Waals surface area contributed by atoms with E-state index < -0.39 is 11.1 Å². The van der Waals surface area contributed by atoms with Crippen molar-refractivity contribution in [3.05, 3.63) is 52.5 Å². The molecule has 31 heavy (non-hydrogen) atoms. The van der Waals surface area contributed by atoms with Gasteiger partial charge in [-0.05, 0) is 51.5 Å². The van der Waals surface area contributed by atoms with Crippen LogP contribution in [-0.4, -0.2) is 50.9 Å². The van der Waals surface area contributed by atoms with E-state index >= 15 is 0 Å². The Labute approximate surface area is 190 Å². The second-order valence-corrected chi connectivity index (χ2v) is 9.45. The molecule has 9 heteroatoms. The molecule has 1 unspecified atom stereocenters. The Morgan fingerprint density at radius 2 is 1.90 bits per heavy atom. The number of rotatable bonds is 2. The van der Waals surface area contributed by atoms with E-state index in [9.17, 15) is 4.79 Å². The van der Waals surface area contributed by atoms with Gasteiger partial charge >= 0.3 is 6.09 Å². The summed E-state index contributed by atoms with van der Waals surface area (Å²) in [6.45, 7) is 8.86. The van der Waals surface area contributed by atoms with Crippen LogP contribution in [0.5, 0.6) is 0 Å². The average Bonchev–Trinajstić information content (AvgIpc) is 3.04. The first-order valence-electron chi connectivity index (χ1n) is 9.97. The molecule has 1 fully saturated rings. The van der Waals surface area contributed by atoms with E-state index in [1.807, 2.05) is 52.0 Å². The summed E-state index contributed by atoms with van der Waals surface area (Å²) in [7, 11) is 0. The number of fused-ring (bicyclic) bond motifs is 1. The van der Waals surface area contributed by atoms with Crippen LogP contribution in [0.2, 0.25) is 10.3 Å². The lowest BCUT2D eigenvalue weighted by Gasteiger charge is -2.45. The number of hydrogen-bond donors (Lipinski definition) is 0. The summed E-state index contributed by atoms with van der Waals surface area (Å²) in [6, 6.07) is 9.54. The fraction of sp³-hybridized carbons (Fsp3) is 0.409. The third-order valence-corrected chi connectivity index (χ3v) is 5.88. The number of halogens is 2. The zero-order chi connectivity index (χ0) is 22.4. The highest BCUT2D eigenvalue weighted by atomic mass is 35.5. The first-order chi connectivity index (χ1) is 14.6. The van der Waals surface area contributed by atoms with Crippen LogP contribution in [0.25, 0.3) is 16.7 Å². The summed E-state index contributed by atoms with van der Waals surface area (Å²) in [5.41, 5.74) is 1.15. The molecule has 0 spiro atoms. The summed E-state index contributed by atoms with van der Waals surface area (Å²) >= 11 is 12.6. The summed E-state index contributed by atoms with van der Waals surface area (Å²) in [6.07, 6.45) is 1.05. The molecular formula is C22H24Cl2N4O3. The zero-order valence-corrected chi connectivity index (χ0v) is 19.4. The molecule has 1 amide bonds. The topological polar surface area (TPSA) is 69.5 Å². The number of nitrogens with zero attached hydrogens (tertiary/aromatic N) is 4. The van der Waals surface area contributed by atoms with Crippen molar-refractivity contribution in [2.24, 2.45) is 0 Å². The third kappa shape index (κ3) is 4.10. The Kier molecular flexibility index (Phi) is 5.62. The molecule has 3 aromatic rings. The average molecular weight is 463 g/mol. The molecular weight excluding hydrogens is 439 g/mol. The van der Waals surface area contributed by atoms with Crippen molar-refractivity contribution in [1.82, 2.24) is 19.4 Å². The number of carbonyl (C=O) groups is 1. The minimum Gasteiger partial charge on any atom is -0.444 e. The number of amides is 1. The van der Waals surface area contributed by atoms with Gasteiger partial charge < -0.3 is 9.47 Å². The highest BCUT2D eigenvalue weighted by Crippen LogP contribution is 2.35. The van der Waals surface area contributed by atoms with Crippen molar-refractivity contribution in [1.29, 1.82) is 0 Å². The smallest absolute Gasteiger partial charge is 0.411 e. The van der Waals surface area contributed by atoms with Gasteiger partial charge in [-0.1, -0.05) is 35.3 Å². The molecule has 1 atom stereocenters. The lowest BCUT2D eigenvalue weighted by Crippen LogP contribution is -2.56. The van der Waals surface area contributed by atoms with Gasteiger partial charge in [0.2, 0.25) is 0 Å². The van der Waals surface area contributed by atoms with Crippen molar-refractivity contribution < 1.29 is 14.3 Å². The summed E-state index contributed by atoms with van der Waals surface area (Å²) in [5, 5.41) is 1.51. The molecule has 0 saturated carbocycles. The molecule has 0 radical (unpaired) electrons. The molecule has 0 aliphatic carbocycles. The first kappa shape index (κ1) is 21.9. The summed E-state index contributed by atoms with van der Waals surface area (Å²) in [5.74, 6) is 0. The Balaban J connectivity index is 1.69. The molecule has 4 rings (SSSR count). The number of morpholine rings is 1. The second-order valence-electron chi connectivity index (χ2n) is 8.71. The van der Waals surface area contributed by atoms with Gasteiger partial charge in [-0.3, -0.25) is 9.47 Å². The maximum atomic E-state index is 12.9. The van der Waals surface area contributed by atoms with Crippen molar-refractivity contribution in [3.63, 3.8) is 0 Å². The Morgan fingerprint density at radius 3 is 2.58 bits per heavy atom. The summed E-state index contributed by atoms with van der Waals surface area (Å²) in [4.78, 5) is 23.0. The van der Waals surface area contributed by atoms with Crippen LogP contribution in [0.15, 0.2) is 36.7 Å². The van der Waals surface area contributed by atoms with E-state index in [-0.39, 0.29) is 6.09 Å². The molecule has 3 heterocycles. The van der Waals surface area contributed by atoms with Crippen molar-refractivity contribution in [3.8, 4) is 5.69 Å². The van der Waals surface area contributed by atoms with Gasteiger partial charge in [0.15, 0.2) is 5.65 Å². The number of benzene rings is 1. The standard InChI is InChI=1S/C22H24Cl2N4O3/c1-21(2,3)31-20(29)27-9-10-30-12-22(27,4)14-5-7-15(8-6-14)28-17(23)11-16-18(24)25-13-26-19(16)28/h5-8,11,13H,9-10,12H2,1-4H3. The fourth-order valence-corrected chi connectivity index (χ4v) is 4.24. The number of carbonyl (C=O) groups excluding carboxylic acids is 1. The quantitative estimate of drug-likeness (QED) is 0.488. The normalized spacial score (nSPS) is 19.6. The van der Waals surface area contributed by atoms with E-state index in [0.29, 0.717) is 41.1 Å². The first-order valence-corrected chi connectivity index (χ1v) is 10.7. The number of ether oxygens (including phenoxy) is 2. The second kappa shape index (κ2) is 7.97. The minimum atomic E-state index is -0.660. The van der Waals surface area contributed by atoms with Gasteiger partial charge in [-0.15, -0.1) is 0 Å². The van der Waals surface area contributed by atoms with E-state index in [1.165, 1.54) is 6.33 Å². The van der Waals surface area contributed by atoms with Crippen molar-refractivity contribution >= 4 is 40.3 Å². The van der Waals surface area contributed by atoms with Gasteiger partial charge in [0, 0.05) is 12.2 Å². The van der Waals surface area contributed by atoms with Crippen LogP contribution in [0, 0.1) is 0 Å². The van der Waals surface area contributed by atoms with Gasteiger partial charge in [0.05, 0.1) is 24.1 Å². The Hall–Kier alpha value is -2.35. The van der Waals surface area contributed by atoms with E-state index in [0.717, 1.165) is 11.3 Å². The molecule has 1 aliphatic rings. The van der Waals surface area contributed by atoms with Crippen molar-refractivity contribution in [2.75, 3.05) is 19.8 Å². The van der Waals surface area contributed by atoms with E-state index in [2.05, 4.69) is 9.97 Å². The molecule has 1 saturated heterocycles. The lowest BCUT2D eigenvalue weighted by atomic mass is 9.90. The maximum Gasteiger partial charge on any atom is 0.411 e. The number of aromatic nitrogens is 3. The third-order valence-electron chi connectivity index (χ3n) is 5.30.